The van der Waals surface area contributed by atoms with Gasteiger partial charge in [0.2, 0.25) is 0 Å². The number of rotatable bonds is 6. The van der Waals surface area contributed by atoms with Gasteiger partial charge in [0.05, 0.1) is 28.7 Å². The summed E-state index contributed by atoms with van der Waals surface area (Å²) in [5.74, 6) is 0.579. The van der Waals surface area contributed by atoms with E-state index in [1.807, 2.05) is 25.1 Å². The largest absolute Gasteiger partial charge is 0.496 e. The Morgan fingerprint density at radius 1 is 1.26 bits per heavy atom. The second-order valence-corrected chi connectivity index (χ2v) is 7.62. The third-order valence-corrected chi connectivity index (χ3v) is 5.79. The first-order valence-electron chi connectivity index (χ1n) is 6.94. The normalized spacial score (nSPS) is 11.1. The Labute approximate surface area is 145 Å². The first-order valence-corrected chi connectivity index (χ1v) is 9.18. The molecule has 0 unspecified atom stereocenters. The van der Waals surface area contributed by atoms with Gasteiger partial charge >= 0.3 is 0 Å². The number of ether oxygens (including phenoxy) is 1. The summed E-state index contributed by atoms with van der Waals surface area (Å²) in [5, 5.41) is 0. The van der Waals surface area contributed by atoms with Crippen LogP contribution >= 0.6 is 15.9 Å². The van der Waals surface area contributed by atoms with Crippen LogP contribution in [0.2, 0.25) is 0 Å². The molecule has 0 saturated heterocycles. The Morgan fingerprint density at radius 3 is 2.52 bits per heavy atom. The van der Waals surface area contributed by atoms with Crippen molar-refractivity contribution in [1.82, 2.24) is 0 Å². The van der Waals surface area contributed by atoms with Crippen LogP contribution in [0.1, 0.15) is 5.56 Å². The second kappa shape index (κ2) is 7.19. The lowest BCUT2D eigenvalue weighted by Gasteiger charge is -2.25. The van der Waals surface area contributed by atoms with Crippen molar-refractivity contribution in [2.45, 2.75) is 11.8 Å². The average molecular weight is 396 g/mol. The summed E-state index contributed by atoms with van der Waals surface area (Å²) in [6.45, 7) is 5.74. The van der Waals surface area contributed by atoms with E-state index in [4.69, 9.17) is 4.74 Å². The van der Waals surface area contributed by atoms with Gasteiger partial charge in [0, 0.05) is 0 Å². The van der Waals surface area contributed by atoms with E-state index in [2.05, 4.69) is 22.5 Å². The minimum Gasteiger partial charge on any atom is -0.496 e. The number of benzene rings is 2. The van der Waals surface area contributed by atoms with E-state index < -0.39 is 10.0 Å². The summed E-state index contributed by atoms with van der Waals surface area (Å²) in [5.41, 5.74) is 1.52. The summed E-state index contributed by atoms with van der Waals surface area (Å²) >= 11 is 3.33. The number of halogens is 1. The van der Waals surface area contributed by atoms with Crippen molar-refractivity contribution in [1.29, 1.82) is 0 Å². The van der Waals surface area contributed by atoms with Gasteiger partial charge in [-0.1, -0.05) is 24.3 Å². The number of anilines is 1. The number of sulfonamides is 1. The smallest absolute Gasteiger partial charge is 0.264 e. The molecule has 0 N–H and O–H groups in total. The molecule has 6 heteroatoms. The zero-order chi connectivity index (χ0) is 17.0. The van der Waals surface area contributed by atoms with Crippen LogP contribution in [0.4, 0.5) is 5.69 Å². The fourth-order valence-electron chi connectivity index (χ4n) is 2.22. The fourth-order valence-corrected chi connectivity index (χ4v) is 4.44. The highest BCUT2D eigenvalue weighted by atomic mass is 79.9. The van der Waals surface area contributed by atoms with Gasteiger partial charge < -0.3 is 4.74 Å². The minimum atomic E-state index is -3.71. The zero-order valence-electron chi connectivity index (χ0n) is 13.0. The van der Waals surface area contributed by atoms with Gasteiger partial charge in [0.1, 0.15) is 5.75 Å². The SMILES string of the molecule is C=CCN(c1ccccc1C)S(=O)(=O)c1ccc(OC)c(Br)c1. The second-order valence-electron chi connectivity index (χ2n) is 4.91. The maximum absolute atomic E-state index is 13.0. The zero-order valence-corrected chi connectivity index (χ0v) is 15.4. The summed E-state index contributed by atoms with van der Waals surface area (Å²) in [6, 6.07) is 12.1. The molecule has 2 rings (SSSR count). The number of methoxy groups -OCH3 is 1. The van der Waals surface area contributed by atoms with Crippen LogP contribution in [-0.2, 0) is 10.0 Å². The lowest BCUT2D eigenvalue weighted by molar-refractivity contribution is 0.411. The lowest BCUT2D eigenvalue weighted by atomic mass is 10.2. The molecule has 0 bridgehead atoms. The summed E-state index contributed by atoms with van der Waals surface area (Å²) in [7, 11) is -2.18. The number of para-hydroxylation sites is 1. The third kappa shape index (κ3) is 3.59. The monoisotopic (exact) mass is 395 g/mol. The van der Waals surface area contributed by atoms with E-state index in [0.717, 1.165) is 5.56 Å². The number of nitrogens with zero attached hydrogens (tertiary/aromatic N) is 1. The van der Waals surface area contributed by atoms with Crippen molar-refractivity contribution in [3.63, 3.8) is 0 Å². The molecule has 0 aromatic heterocycles. The lowest BCUT2D eigenvalue weighted by Crippen LogP contribution is -2.31. The van der Waals surface area contributed by atoms with Crippen molar-refractivity contribution in [3.05, 3.63) is 65.2 Å². The van der Waals surface area contributed by atoms with Crippen LogP contribution in [0.5, 0.6) is 5.75 Å². The molecular weight excluding hydrogens is 378 g/mol. The Balaban J connectivity index is 2.56. The first-order chi connectivity index (χ1) is 10.9. The van der Waals surface area contributed by atoms with Crippen LogP contribution in [-0.4, -0.2) is 22.1 Å². The number of aryl methyl sites for hydroxylation is 1. The maximum atomic E-state index is 13.0. The molecule has 0 fully saturated rings. The van der Waals surface area contributed by atoms with Gasteiger partial charge in [-0.05, 0) is 52.7 Å². The van der Waals surface area contributed by atoms with Gasteiger partial charge in [-0.25, -0.2) is 8.42 Å². The van der Waals surface area contributed by atoms with E-state index in [-0.39, 0.29) is 11.4 Å². The number of hydrogen-bond acceptors (Lipinski definition) is 3. The quantitative estimate of drug-likeness (QED) is 0.690. The molecule has 0 saturated carbocycles. The predicted molar refractivity (Wildman–Crippen MR) is 96.6 cm³/mol. The standard InChI is InChI=1S/C17H18BrNO3S/c1-4-11-19(16-8-6-5-7-13(16)2)23(20,21)14-9-10-17(22-3)15(18)12-14/h4-10,12H,1,11H2,2-3H3. The summed E-state index contributed by atoms with van der Waals surface area (Å²) in [6.07, 6.45) is 1.57. The van der Waals surface area contributed by atoms with Gasteiger partial charge in [-0.15, -0.1) is 6.58 Å². The molecule has 0 atom stereocenters. The molecule has 0 aliphatic rings. The molecule has 23 heavy (non-hydrogen) atoms. The summed E-state index contributed by atoms with van der Waals surface area (Å²) < 4.78 is 33.2. The molecule has 2 aromatic rings. The van der Waals surface area contributed by atoms with Crippen molar-refractivity contribution in [3.8, 4) is 5.75 Å². The highest BCUT2D eigenvalue weighted by Gasteiger charge is 2.25. The van der Waals surface area contributed by atoms with E-state index in [0.29, 0.717) is 15.9 Å². The van der Waals surface area contributed by atoms with Crippen LogP contribution in [0, 0.1) is 6.92 Å². The van der Waals surface area contributed by atoms with E-state index in [1.54, 1.807) is 24.3 Å². The van der Waals surface area contributed by atoms with E-state index >= 15 is 0 Å². The van der Waals surface area contributed by atoms with E-state index in [1.165, 1.54) is 17.5 Å². The van der Waals surface area contributed by atoms with Crippen LogP contribution in [0.3, 0.4) is 0 Å². The van der Waals surface area contributed by atoms with Gasteiger partial charge in [0.25, 0.3) is 10.0 Å². The number of hydrogen-bond donors (Lipinski definition) is 0. The molecule has 0 amide bonds. The Bertz CT molecular complexity index is 818. The maximum Gasteiger partial charge on any atom is 0.264 e. The Morgan fingerprint density at radius 2 is 1.96 bits per heavy atom. The predicted octanol–water partition coefficient (Wildman–Crippen LogP) is 4.15. The van der Waals surface area contributed by atoms with Crippen LogP contribution in [0.15, 0.2) is 64.5 Å². The molecule has 0 heterocycles. The third-order valence-electron chi connectivity index (χ3n) is 3.39. The van der Waals surface area contributed by atoms with Crippen molar-refractivity contribution >= 4 is 31.6 Å². The highest BCUT2D eigenvalue weighted by Crippen LogP contribution is 2.31. The molecule has 0 aliphatic heterocycles. The molecule has 122 valence electrons. The molecular formula is C17H18BrNO3S. The molecule has 4 nitrogen and oxygen atoms in total. The van der Waals surface area contributed by atoms with Gasteiger partial charge in [0.15, 0.2) is 0 Å². The topological polar surface area (TPSA) is 46.6 Å². The molecule has 2 aromatic carbocycles. The summed E-state index contributed by atoms with van der Waals surface area (Å²) in [4.78, 5) is 0.190. The van der Waals surface area contributed by atoms with E-state index in [9.17, 15) is 8.42 Å². The van der Waals surface area contributed by atoms with Gasteiger partial charge in [-0.3, -0.25) is 4.31 Å². The molecule has 0 radical (unpaired) electrons. The van der Waals surface area contributed by atoms with Crippen LogP contribution < -0.4 is 9.04 Å². The van der Waals surface area contributed by atoms with Crippen molar-refractivity contribution in [2.24, 2.45) is 0 Å². The minimum absolute atomic E-state index is 0.190. The van der Waals surface area contributed by atoms with Crippen LogP contribution in [0.25, 0.3) is 0 Å². The average Bonchev–Trinajstić information content (AvgIpc) is 2.53. The Kier molecular flexibility index (Phi) is 5.49. The molecule has 0 spiro atoms. The van der Waals surface area contributed by atoms with Gasteiger partial charge in [-0.2, -0.15) is 0 Å². The fraction of sp³-hybridized carbons (Fsp3) is 0.176. The Hall–Kier alpha value is -1.79. The first kappa shape index (κ1) is 17.6. The van der Waals surface area contributed by atoms with Crippen molar-refractivity contribution in [2.75, 3.05) is 18.0 Å². The molecule has 0 aliphatic carbocycles. The van der Waals surface area contributed by atoms with Crippen molar-refractivity contribution < 1.29 is 13.2 Å². The highest BCUT2D eigenvalue weighted by molar-refractivity contribution is 9.10.